The lowest BCUT2D eigenvalue weighted by Crippen LogP contribution is -2.40. The highest BCUT2D eigenvalue weighted by Gasteiger charge is 2.23. The van der Waals surface area contributed by atoms with Crippen molar-refractivity contribution in [1.29, 1.82) is 0 Å². The summed E-state index contributed by atoms with van der Waals surface area (Å²) < 4.78 is 0. The van der Waals surface area contributed by atoms with E-state index in [-0.39, 0.29) is 55.0 Å². The molecule has 0 radical (unpaired) electrons. The number of hydrogen-bond acceptors (Lipinski definition) is 4. The third kappa shape index (κ3) is 8.50. The number of piperidine rings is 1. The lowest BCUT2D eigenvalue weighted by Gasteiger charge is -2.31. The minimum Gasteiger partial charge on any atom is -0.369 e. The third-order valence-corrected chi connectivity index (χ3v) is 5.43. The Morgan fingerprint density at radius 1 is 1.06 bits per heavy atom. The maximum Gasteiger partial charge on any atom is 0.222 e. The van der Waals surface area contributed by atoms with Crippen LogP contribution in [0.1, 0.15) is 42.0 Å². The van der Waals surface area contributed by atoms with Crippen molar-refractivity contribution in [3.05, 3.63) is 71.3 Å². The number of halogens is 2. The first-order valence-electron chi connectivity index (χ1n) is 10.2. The van der Waals surface area contributed by atoms with Crippen molar-refractivity contribution < 1.29 is 9.59 Å². The molecule has 1 fully saturated rings. The lowest BCUT2D eigenvalue weighted by molar-refractivity contribution is -0.123. The quantitative estimate of drug-likeness (QED) is 0.556. The molecule has 2 atom stereocenters. The molecule has 31 heavy (non-hydrogen) atoms. The minimum atomic E-state index is -0.306. The number of nitrogens with one attached hydrogen (secondary N) is 1. The highest BCUT2D eigenvalue weighted by atomic mass is 35.5. The van der Waals surface area contributed by atoms with Crippen LogP contribution in [0.15, 0.2) is 54.6 Å². The van der Waals surface area contributed by atoms with Gasteiger partial charge in [-0.25, -0.2) is 0 Å². The molecule has 0 saturated carbocycles. The van der Waals surface area contributed by atoms with Gasteiger partial charge in [0.1, 0.15) is 0 Å². The summed E-state index contributed by atoms with van der Waals surface area (Å²) >= 11 is 0. The number of carbonyl (C=O) groups is 2. The molecule has 1 saturated heterocycles. The van der Waals surface area contributed by atoms with Crippen LogP contribution in [0.2, 0.25) is 0 Å². The molecule has 1 aliphatic heterocycles. The van der Waals surface area contributed by atoms with Crippen molar-refractivity contribution in [2.45, 2.75) is 38.4 Å². The van der Waals surface area contributed by atoms with Crippen molar-refractivity contribution in [2.75, 3.05) is 13.1 Å². The summed E-state index contributed by atoms with van der Waals surface area (Å²) in [6.45, 7) is 2.94. The highest BCUT2D eigenvalue weighted by Crippen LogP contribution is 2.19. The van der Waals surface area contributed by atoms with E-state index in [1.165, 1.54) is 5.56 Å². The van der Waals surface area contributed by atoms with Crippen molar-refractivity contribution >= 4 is 36.6 Å². The fourth-order valence-electron chi connectivity index (χ4n) is 3.82. The summed E-state index contributed by atoms with van der Waals surface area (Å²) in [7, 11) is 0. The van der Waals surface area contributed by atoms with Gasteiger partial charge in [-0.05, 0) is 36.1 Å². The highest BCUT2D eigenvalue weighted by molar-refractivity contribution is 5.85. The van der Waals surface area contributed by atoms with Crippen molar-refractivity contribution in [3.8, 4) is 0 Å². The topological polar surface area (TPSA) is 101 Å². The summed E-state index contributed by atoms with van der Waals surface area (Å²) in [4.78, 5) is 26.0. The number of carbonyl (C=O) groups excluding carboxylic acids is 2. The number of amides is 2. The van der Waals surface area contributed by atoms with Gasteiger partial charge in [-0.1, -0.05) is 54.6 Å². The van der Waals surface area contributed by atoms with Crippen LogP contribution in [0.4, 0.5) is 0 Å². The molecule has 0 spiro atoms. The predicted octanol–water partition coefficient (Wildman–Crippen LogP) is 2.93. The number of rotatable bonds is 8. The van der Waals surface area contributed by atoms with Crippen molar-refractivity contribution in [1.82, 2.24) is 10.2 Å². The Kier molecular flexibility index (Phi) is 11.6. The van der Waals surface area contributed by atoms with Crippen molar-refractivity contribution in [3.63, 3.8) is 0 Å². The summed E-state index contributed by atoms with van der Waals surface area (Å²) in [5.41, 5.74) is 14.8. The Morgan fingerprint density at radius 2 is 1.77 bits per heavy atom. The fourth-order valence-corrected chi connectivity index (χ4v) is 3.82. The summed E-state index contributed by atoms with van der Waals surface area (Å²) in [6.07, 6.45) is 2.13. The number of benzene rings is 2. The van der Waals surface area contributed by atoms with E-state index in [2.05, 4.69) is 22.3 Å². The van der Waals surface area contributed by atoms with E-state index in [1.807, 2.05) is 42.5 Å². The van der Waals surface area contributed by atoms with Gasteiger partial charge in [-0.3, -0.25) is 14.5 Å². The average Bonchev–Trinajstić information content (AvgIpc) is 2.73. The molecular formula is C23H32Cl2N4O2. The summed E-state index contributed by atoms with van der Waals surface area (Å²) in [5, 5.41) is 2.96. The van der Waals surface area contributed by atoms with Gasteiger partial charge in [0.05, 0.1) is 5.92 Å². The molecule has 0 aromatic heterocycles. The Hall–Kier alpha value is -2.12. The van der Waals surface area contributed by atoms with Gasteiger partial charge in [0.15, 0.2) is 0 Å². The van der Waals surface area contributed by atoms with Gasteiger partial charge in [0.25, 0.3) is 0 Å². The molecule has 1 heterocycles. The molecule has 1 aliphatic rings. The van der Waals surface area contributed by atoms with Crippen LogP contribution in [0.3, 0.4) is 0 Å². The minimum absolute atomic E-state index is 0. The number of nitrogens with zero attached hydrogens (tertiary/aromatic N) is 1. The number of nitrogens with two attached hydrogens (primary N) is 2. The molecule has 6 nitrogen and oxygen atoms in total. The average molecular weight is 467 g/mol. The molecule has 5 N–H and O–H groups in total. The second kappa shape index (κ2) is 13.3. The Labute approximate surface area is 196 Å². The van der Waals surface area contributed by atoms with E-state index in [4.69, 9.17) is 11.5 Å². The summed E-state index contributed by atoms with van der Waals surface area (Å²) in [5.74, 6) is -0.327. The van der Waals surface area contributed by atoms with Gasteiger partial charge in [0, 0.05) is 32.1 Å². The van der Waals surface area contributed by atoms with Crippen LogP contribution >= 0.6 is 24.8 Å². The maximum atomic E-state index is 12.3. The van der Waals surface area contributed by atoms with Gasteiger partial charge in [-0.2, -0.15) is 0 Å². The Bertz CT molecular complexity index is 835. The molecule has 0 aliphatic carbocycles. The Morgan fingerprint density at radius 3 is 2.48 bits per heavy atom. The Balaban J connectivity index is 0.00000240. The second-order valence-corrected chi connectivity index (χ2v) is 7.79. The van der Waals surface area contributed by atoms with Crippen LogP contribution in [-0.2, 0) is 22.7 Å². The molecule has 2 aromatic carbocycles. The fraction of sp³-hybridized carbons (Fsp3) is 0.391. The molecule has 2 amide bonds. The van der Waals surface area contributed by atoms with E-state index in [0.29, 0.717) is 13.1 Å². The lowest BCUT2D eigenvalue weighted by atomic mass is 9.97. The van der Waals surface area contributed by atoms with Gasteiger partial charge in [-0.15, -0.1) is 24.8 Å². The molecule has 170 valence electrons. The van der Waals surface area contributed by atoms with Crippen LogP contribution in [0.25, 0.3) is 0 Å². The van der Waals surface area contributed by atoms with E-state index < -0.39 is 0 Å². The van der Waals surface area contributed by atoms with E-state index in [9.17, 15) is 9.59 Å². The largest absolute Gasteiger partial charge is 0.369 e. The number of hydrogen-bond donors (Lipinski definition) is 3. The molecule has 2 unspecified atom stereocenters. The van der Waals surface area contributed by atoms with Gasteiger partial charge in [0.2, 0.25) is 11.8 Å². The molecule has 0 bridgehead atoms. The first-order valence-corrected chi connectivity index (χ1v) is 10.2. The standard InChI is InChI=1S/C23H30N4O2.2ClH/c24-21(19-8-2-1-3-9-19)13-22(28)26-14-17-6-4-7-18(12-17)15-27-11-5-10-20(16-27)23(25)29;;/h1-4,6-9,12,20-21H,5,10-11,13-16,24H2,(H2,25,29)(H,26,28);2*1H. The third-order valence-electron chi connectivity index (χ3n) is 5.43. The monoisotopic (exact) mass is 466 g/mol. The molecule has 2 aromatic rings. The van der Waals surface area contributed by atoms with E-state index >= 15 is 0 Å². The number of likely N-dealkylation sites (tertiary alicyclic amines) is 1. The zero-order chi connectivity index (χ0) is 20.6. The SMILES string of the molecule is Cl.Cl.NC(=O)C1CCCN(Cc2cccc(CNC(=O)CC(N)c3ccccc3)c2)C1. The summed E-state index contributed by atoms with van der Waals surface area (Å²) in [6, 6.07) is 17.5. The van der Waals surface area contributed by atoms with E-state index in [1.54, 1.807) is 0 Å². The first-order chi connectivity index (χ1) is 14.0. The second-order valence-electron chi connectivity index (χ2n) is 7.79. The first kappa shape index (κ1) is 26.9. The zero-order valence-electron chi connectivity index (χ0n) is 17.5. The van der Waals surface area contributed by atoms with Gasteiger partial charge < -0.3 is 16.8 Å². The zero-order valence-corrected chi connectivity index (χ0v) is 19.2. The van der Waals surface area contributed by atoms with Crippen LogP contribution in [0.5, 0.6) is 0 Å². The number of primary amides is 1. The van der Waals surface area contributed by atoms with Gasteiger partial charge >= 0.3 is 0 Å². The molecular weight excluding hydrogens is 435 g/mol. The maximum absolute atomic E-state index is 12.3. The van der Waals surface area contributed by atoms with Crippen LogP contribution < -0.4 is 16.8 Å². The molecule has 3 rings (SSSR count). The van der Waals surface area contributed by atoms with E-state index in [0.717, 1.165) is 37.1 Å². The van der Waals surface area contributed by atoms with Crippen LogP contribution in [-0.4, -0.2) is 29.8 Å². The normalized spacial score (nSPS) is 17.0. The molecule has 8 heteroatoms. The smallest absolute Gasteiger partial charge is 0.222 e. The van der Waals surface area contributed by atoms with Crippen molar-refractivity contribution in [2.24, 2.45) is 17.4 Å². The van der Waals surface area contributed by atoms with Crippen LogP contribution in [0, 0.1) is 5.92 Å². The predicted molar refractivity (Wildman–Crippen MR) is 128 cm³/mol.